The summed E-state index contributed by atoms with van der Waals surface area (Å²) in [5.74, 6) is -1.20. The minimum Gasteiger partial charge on any atom is -0.456 e. The molecule has 1 amide bonds. The number of hydrogen-bond donors (Lipinski definition) is 7. The number of ether oxygens (including phenoxy) is 9. The van der Waals surface area contributed by atoms with Crippen LogP contribution in [0.1, 0.15) is 198 Å². The highest BCUT2D eigenvalue weighted by Crippen LogP contribution is 2.76. The molecule has 9 aliphatic rings. The van der Waals surface area contributed by atoms with Crippen LogP contribution in [-0.2, 0) is 57.0 Å². The maximum absolute atomic E-state index is 16.6. The number of ketones is 1. The van der Waals surface area contributed by atoms with E-state index in [0.717, 1.165) is 77.0 Å². The number of methoxy groups -OCH3 is 2. The van der Waals surface area contributed by atoms with Crippen molar-refractivity contribution in [2.45, 2.75) is 307 Å². The van der Waals surface area contributed by atoms with Crippen molar-refractivity contribution in [1.29, 1.82) is 0 Å². The molecule has 4 aliphatic heterocycles. The van der Waals surface area contributed by atoms with Crippen LogP contribution < -0.4 is 5.32 Å². The fraction of sp³-hybridized carbons (Fsp3) is 0.924. The fourth-order valence-corrected chi connectivity index (χ4v) is 18.8. The molecule has 0 aromatic rings. The van der Waals surface area contributed by atoms with Crippen molar-refractivity contribution < 1.29 is 87.7 Å². The van der Waals surface area contributed by atoms with Gasteiger partial charge in [0.1, 0.15) is 78.3 Å². The van der Waals surface area contributed by atoms with Crippen molar-refractivity contribution in [3.63, 3.8) is 0 Å². The first-order valence-corrected chi connectivity index (χ1v) is 32.7. The number of carbonyl (C=O) groups is 3. The first kappa shape index (κ1) is 67.2. The molecule has 5 aliphatic carbocycles. The zero-order valence-electron chi connectivity index (χ0n) is 53.6. The van der Waals surface area contributed by atoms with E-state index in [1.165, 1.54) is 5.57 Å². The van der Waals surface area contributed by atoms with Crippen LogP contribution in [0.2, 0.25) is 0 Å². The second kappa shape index (κ2) is 25.8. The van der Waals surface area contributed by atoms with Crippen LogP contribution in [-0.4, -0.2) is 185 Å². The zero-order valence-corrected chi connectivity index (χ0v) is 53.6. The van der Waals surface area contributed by atoms with E-state index in [2.05, 4.69) is 59.9 Å². The Hall–Kier alpha value is -2.21. The van der Waals surface area contributed by atoms with E-state index in [0.29, 0.717) is 56.3 Å². The number of carbonyl (C=O) groups excluding carboxylic acids is 3. The predicted molar refractivity (Wildman–Crippen MR) is 313 cm³/mol. The van der Waals surface area contributed by atoms with E-state index in [1.807, 2.05) is 7.11 Å². The lowest BCUT2D eigenvalue weighted by atomic mass is 9.33. The zero-order chi connectivity index (χ0) is 62.0. The van der Waals surface area contributed by atoms with Gasteiger partial charge in [-0.25, -0.2) is 0 Å². The van der Waals surface area contributed by atoms with Crippen molar-refractivity contribution in [2.24, 2.45) is 50.7 Å². The Labute approximate surface area is 506 Å². The van der Waals surface area contributed by atoms with Gasteiger partial charge in [0.15, 0.2) is 18.2 Å². The molecule has 9 rings (SSSR count). The molecule has 7 N–H and O–H groups in total. The topological polar surface area (TPSA) is 268 Å². The van der Waals surface area contributed by atoms with Gasteiger partial charge in [0, 0.05) is 27.1 Å². The van der Waals surface area contributed by atoms with Gasteiger partial charge in [-0.15, -0.1) is 0 Å². The minimum atomic E-state index is -1.81. The van der Waals surface area contributed by atoms with Gasteiger partial charge in [-0.05, 0) is 151 Å². The van der Waals surface area contributed by atoms with Crippen LogP contribution in [0.4, 0.5) is 0 Å². The lowest BCUT2D eigenvalue weighted by molar-refractivity contribution is -0.322. The molecule has 85 heavy (non-hydrogen) atoms. The van der Waals surface area contributed by atoms with Crippen LogP contribution in [0, 0.1) is 50.7 Å². The number of nitrogens with one attached hydrogen (secondary N) is 1. The monoisotopic (exact) mass is 1200 g/mol. The van der Waals surface area contributed by atoms with E-state index in [9.17, 15) is 40.2 Å². The molecule has 0 radical (unpaired) electrons. The van der Waals surface area contributed by atoms with Gasteiger partial charge in [0.05, 0.1) is 37.1 Å². The van der Waals surface area contributed by atoms with Gasteiger partial charge in [0.2, 0.25) is 5.91 Å². The normalized spacial score (nSPS) is 46.7. The third kappa shape index (κ3) is 12.3. The number of aliphatic hydroxyl groups is 6. The molecule has 25 atom stereocenters. The van der Waals surface area contributed by atoms with Crippen LogP contribution >= 0.6 is 0 Å². The van der Waals surface area contributed by atoms with Crippen LogP contribution in [0.25, 0.3) is 0 Å². The summed E-state index contributed by atoms with van der Waals surface area (Å²) in [5.41, 5.74) is -0.909. The van der Waals surface area contributed by atoms with Crippen LogP contribution in [0.5, 0.6) is 0 Å². The minimum absolute atomic E-state index is 0.00963. The lowest BCUT2D eigenvalue weighted by Gasteiger charge is -2.72. The maximum atomic E-state index is 16.6. The number of rotatable bonds is 21. The summed E-state index contributed by atoms with van der Waals surface area (Å²) in [6.07, 6.45) is -1.80. The van der Waals surface area contributed by atoms with Gasteiger partial charge >= 0.3 is 5.97 Å². The average molecular weight is 1200 g/mol. The largest absolute Gasteiger partial charge is 0.456 e. The quantitative estimate of drug-likeness (QED) is 0.0349. The molecule has 4 saturated carbocycles. The Bertz CT molecular complexity index is 2370. The molecule has 15 unspecified atom stereocenters. The average Bonchev–Trinajstić information content (AvgIpc) is 1.06. The molecule has 486 valence electrons. The summed E-state index contributed by atoms with van der Waals surface area (Å²) in [7, 11) is 3.58. The first-order valence-electron chi connectivity index (χ1n) is 32.7. The molecule has 4 saturated heterocycles. The smallest absolute Gasteiger partial charge is 0.315 e. The third-order valence-corrected chi connectivity index (χ3v) is 24.1. The van der Waals surface area contributed by atoms with Crippen LogP contribution in [0.3, 0.4) is 0 Å². The van der Waals surface area contributed by atoms with Crippen LogP contribution in [0.15, 0.2) is 11.6 Å². The number of hydrogen-bond acceptors (Lipinski definition) is 18. The summed E-state index contributed by atoms with van der Waals surface area (Å²) in [4.78, 5) is 41.5. The van der Waals surface area contributed by atoms with Gasteiger partial charge in [0.25, 0.3) is 0 Å². The highest BCUT2D eigenvalue weighted by molar-refractivity contribution is 5.80. The maximum Gasteiger partial charge on any atom is 0.315 e. The Morgan fingerprint density at radius 2 is 1.40 bits per heavy atom. The summed E-state index contributed by atoms with van der Waals surface area (Å²) in [6, 6.07) is -1.24. The van der Waals surface area contributed by atoms with E-state index >= 15 is 4.79 Å². The number of allylic oxidation sites excluding steroid dienone is 2. The number of Topliss-reactive ketones (excluding diaryl/α,β-unsaturated/α-hetero) is 1. The molecule has 0 spiro atoms. The van der Waals surface area contributed by atoms with Gasteiger partial charge < -0.3 is 83.4 Å². The Morgan fingerprint density at radius 1 is 0.741 bits per heavy atom. The molecule has 19 heteroatoms. The Morgan fingerprint density at radius 3 is 2.05 bits per heavy atom. The Balaban J connectivity index is 1.03. The van der Waals surface area contributed by atoms with Gasteiger partial charge in [-0.3, -0.25) is 9.59 Å². The van der Waals surface area contributed by atoms with Crippen molar-refractivity contribution in [3.05, 3.63) is 11.6 Å². The van der Waals surface area contributed by atoms with Gasteiger partial charge in [-0.1, -0.05) is 91.7 Å². The number of esters is 1. The van der Waals surface area contributed by atoms with Crippen molar-refractivity contribution in [3.8, 4) is 0 Å². The van der Waals surface area contributed by atoms with Crippen molar-refractivity contribution in [2.75, 3.05) is 27.4 Å². The summed E-state index contributed by atoms with van der Waals surface area (Å²) >= 11 is 0. The molecule has 0 aromatic carbocycles. The van der Waals surface area contributed by atoms with E-state index in [4.69, 9.17) is 42.6 Å². The second-order valence-corrected chi connectivity index (χ2v) is 30.0. The summed E-state index contributed by atoms with van der Waals surface area (Å²) in [5, 5.41) is 70.8. The fourth-order valence-electron chi connectivity index (χ4n) is 18.8. The number of amides is 1. The number of unbranched alkanes of at least 4 members (excludes halogenated alkanes) is 7. The van der Waals surface area contributed by atoms with E-state index < -0.39 is 122 Å². The molecule has 19 nitrogen and oxygen atoms in total. The number of fused-ring (bicyclic) bond motifs is 8. The molecule has 8 fully saturated rings. The number of aliphatic hydroxyl groups excluding tert-OH is 6. The lowest BCUT2D eigenvalue weighted by Crippen LogP contribution is -2.71. The molecule has 0 bridgehead atoms. The Kier molecular flexibility index (Phi) is 20.4. The van der Waals surface area contributed by atoms with Crippen molar-refractivity contribution in [1.82, 2.24) is 5.32 Å². The van der Waals surface area contributed by atoms with Gasteiger partial charge in [-0.2, -0.15) is 0 Å². The SMILES string of the molecule is COC1C[C@]2(C)C(=CCC3C4(C)CC[C@H](C)[C@](C)(OC)[C@@H]4CC[C@@]32C)C2CC(C)(C)CC[C@]12C(=O)OC([C@@H]1OC(CO)C(NC(=O)CCCCCCCCCCC(C)=O)C(O)C1O)[C@@H]1OC(C)[C@H](O[C@@H]2OCC(O)C(O)C2O)C2OC(C)(C)OC21. The molecular weight excluding hydrogens is 1090 g/mol. The highest BCUT2D eigenvalue weighted by atomic mass is 16.8. The first-order chi connectivity index (χ1) is 40.0. The van der Waals surface area contributed by atoms with Crippen molar-refractivity contribution >= 4 is 17.7 Å². The predicted octanol–water partition coefficient (Wildman–Crippen LogP) is 6.93. The summed E-state index contributed by atoms with van der Waals surface area (Å²) in [6.45, 7) is 22.4. The summed E-state index contributed by atoms with van der Waals surface area (Å²) < 4.78 is 59.5. The second-order valence-electron chi connectivity index (χ2n) is 30.0. The molecule has 4 heterocycles. The standard InChI is InChI=1S/C66H109NO18/c1-36-26-28-62(8)43-25-24-39-40-32-60(4,5)30-31-66(40,45(77-12)33-64(39,10)63(43,9)29-27-44(62)65(36,11)78-13)59(76)83-54(55-57-56(84-61(6,7)85-57)52(38(3)80-55)82-58-51(75)48(72)41(70)35-79-58)53-50(74)49(73)47(42(34-68)81-53)67-46(71)23-21-19-17-15-14-16-18-20-22-37(2)69/h24,36,38,40-45,47-58,68,70,72-75H,14-23,25-35H2,1-13H3,(H,67,71)/t36-,38?,40?,41?,42?,43?,44+,45?,47?,48?,49?,50?,51?,52-,53+,54?,55-,56?,57?,58-,62?,63-,64+,65-,66+/m0/s1. The highest BCUT2D eigenvalue weighted by Gasteiger charge is 2.73. The van der Waals surface area contributed by atoms with E-state index in [-0.39, 0.29) is 57.9 Å². The van der Waals surface area contributed by atoms with E-state index in [1.54, 1.807) is 34.8 Å². The molecule has 0 aromatic heterocycles. The third-order valence-electron chi connectivity index (χ3n) is 24.1. The molecular formula is C66H109NO18.